The second kappa shape index (κ2) is 9.34. The summed E-state index contributed by atoms with van der Waals surface area (Å²) in [6.45, 7) is 2.42. The summed E-state index contributed by atoms with van der Waals surface area (Å²) in [4.78, 5) is 28.3. The first kappa shape index (κ1) is 22.5. The fourth-order valence-corrected chi connectivity index (χ4v) is 3.52. The average Bonchev–Trinajstić information content (AvgIpc) is 2.74. The first-order chi connectivity index (χ1) is 14.6. The van der Waals surface area contributed by atoms with E-state index in [0.29, 0.717) is 38.8 Å². The molecule has 1 heterocycles. The molecule has 0 spiro atoms. The van der Waals surface area contributed by atoms with E-state index in [4.69, 9.17) is 0 Å². The highest BCUT2D eigenvalue weighted by atomic mass is 19.4. The van der Waals surface area contributed by atoms with Gasteiger partial charge in [0, 0.05) is 45.8 Å². The molecule has 0 bridgehead atoms. The summed E-state index contributed by atoms with van der Waals surface area (Å²) in [5.74, 6) is -0.0437. The second-order valence-electron chi connectivity index (χ2n) is 7.46. The van der Waals surface area contributed by atoms with Crippen LogP contribution in [0.5, 0.6) is 0 Å². The third kappa shape index (κ3) is 5.72. The fourth-order valence-electron chi connectivity index (χ4n) is 3.52. The summed E-state index contributed by atoms with van der Waals surface area (Å²) < 4.78 is 38.7. The summed E-state index contributed by atoms with van der Waals surface area (Å²) in [7, 11) is 1.73. The van der Waals surface area contributed by atoms with Gasteiger partial charge in [0.1, 0.15) is 5.69 Å². The van der Waals surface area contributed by atoms with Crippen molar-refractivity contribution in [1.29, 1.82) is 0 Å². The number of amides is 1. The molecule has 1 amide bonds. The van der Waals surface area contributed by atoms with Crippen LogP contribution >= 0.6 is 0 Å². The van der Waals surface area contributed by atoms with E-state index in [0.717, 1.165) is 17.7 Å². The topological polar surface area (TPSA) is 69.9 Å². The Morgan fingerprint density at radius 3 is 2.32 bits per heavy atom. The maximum absolute atomic E-state index is 12.9. The highest BCUT2D eigenvalue weighted by molar-refractivity contribution is 5.78. The molecule has 1 saturated heterocycles. The van der Waals surface area contributed by atoms with Crippen molar-refractivity contribution in [3.05, 3.63) is 69.8 Å². The maximum Gasteiger partial charge on any atom is 0.416 e. The number of nitrogens with zero attached hydrogens (tertiary/aromatic N) is 4. The molecule has 1 aliphatic heterocycles. The van der Waals surface area contributed by atoms with Crippen molar-refractivity contribution < 1.29 is 22.9 Å². The Bertz CT molecular complexity index is 929. The molecule has 0 aromatic heterocycles. The SMILES string of the molecule is CN(Cc1ccccc1)C(=O)CN1CCN(c2ccc(C(F)(F)F)cc2[N+](=O)[O-])CC1. The van der Waals surface area contributed by atoms with Gasteiger partial charge in [0.2, 0.25) is 5.91 Å². The molecule has 1 aliphatic rings. The van der Waals surface area contributed by atoms with E-state index < -0.39 is 22.4 Å². The van der Waals surface area contributed by atoms with E-state index in [1.165, 1.54) is 0 Å². The lowest BCUT2D eigenvalue weighted by Gasteiger charge is -2.36. The van der Waals surface area contributed by atoms with Crippen molar-refractivity contribution >= 4 is 17.3 Å². The molecule has 0 radical (unpaired) electrons. The van der Waals surface area contributed by atoms with Gasteiger partial charge < -0.3 is 9.80 Å². The minimum Gasteiger partial charge on any atom is -0.363 e. The molecule has 3 rings (SSSR count). The van der Waals surface area contributed by atoms with Gasteiger partial charge in [0.05, 0.1) is 17.0 Å². The van der Waals surface area contributed by atoms with E-state index in [1.54, 1.807) is 16.8 Å². The number of rotatable bonds is 6. The molecule has 0 saturated carbocycles. The number of carbonyl (C=O) groups is 1. The quantitative estimate of drug-likeness (QED) is 0.513. The van der Waals surface area contributed by atoms with Crippen LogP contribution < -0.4 is 4.90 Å². The van der Waals surface area contributed by atoms with Crippen LogP contribution in [0.1, 0.15) is 11.1 Å². The van der Waals surface area contributed by atoms with Crippen molar-refractivity contribution in [2.24, 2.45) is 0 Å². The number of piperazine rings is 1. The number of hydrogen-bond donors (Lipinski definition) is 0. The van der Waals surface area contributed by atoms with Gasteiger partial charge >= 0.3 is 6.18 Å². The standard InChI is InChI=1S/C21H23F3N4O3/c1-25(14-16-5-3-2-4-6-16)20(29)15-26-9-11-27(12-10-26)18-8-7-17(21(22,23)24)13-19(18)28(30)31/h2-8,13H,9-12,14-15H2,1H3. The highest BCUT2D eigenvalue weighted by Gasteiger charge is 2.34. The molecule has 0 unspecified atom stereocenters. The molecular formula is C21H23F3N4O3. The minimum absolute atomic E-state index is 0.0437. The first-order valence-corrected chi connectivity index (χ1v) is 9.76. The molecule has 2 aromatic carbocycles. The number of nitro benzene ring substituents is 1. The predicted octanol–water partition coefficient (Wildman–Crippen LogP) is 3.39. The Morgan fingerprint density at radius 1 is 1.10 bits per heavy atom. The van der Waals surface area contributed by atoms with Gasteiger partial charge in [0.15, 0.2) is 0 Å². The predicted molar refractivity (Wildman–Crippen MR) is 110 cm³/mol. The van der Waals surface area contributed by atoms with E-state index in [1.807, 2.05) is 35.2 Å². The number of likely N-dealkylation sites (N-methyl/N-ethyl adjacent to an activating group) is 1. The lowest BCUT2D eigenvalue weighted by Crippen LogP contribution is -2.49. The normalized spacial score (nSPS) is 15.0. The average molecular weight is 436 g/mol. The zero-order valence-corrected chi connectivity index (χ0v) is 17.0. The second-order valence-corrected chi connectivity index (χ2v) is 7.46. The van der Waals surface area contributed by atoms with E-state index >= 15 is 0 Å². The third-order valence-electron chi connectivity index (χ3n) is 5.26. The number of halogens is 3. The molecule has 31 heavy (non-hydrogen) atoms. The molecule has 0 atom stereocenters. The van der Waals surface area contributed by atoms with Crippen LogP contribution in [0.4, 0.5) is 24.5 Å². The Morgan fingerprint density at radius 2 is 1.74 bits per heavy atom. The number of nitro groups is 1. The Kier molecular flexibility index (Phi) is 6.79. The van der Waals surface area contributed by atoms with Crippen LogP contribution in [0.3, 0.4) is 0 Å². The van der Waals surface area contributed by atoms with E-state index in [2.05, 4.69) is 0 Å². The monoisotopic (exact) mass is 436 g/mol. The van der Waals surface area contributed by atoms with Gasteiger partial charge in [-0.1, -0.05) is 30.3 Å². The Balaban J connectivity index is 1.59. The fraction of sp³-hybridized carbons (Fsp3) is 0.381. The number of anilines is 1. The Labute approximate surface area is 177 Å². The molecular weight excluding hydrogens is 413 g/mol. The van der Waals surface area contributed by atoms with Gasteiger partial charge in [-0.05, 0) is 17.7 Å². The maximum atomic E-state index is 12.9. The van der Waals surface area contributed by atoms with Gasteiger partial charge in [-0.25, -0.2) is 0 Å². The van der Waals surface area contributed by atoms with Crippen LogP contribution in [0.15, 0.2) is 48.5 Å². The van der Waals surface area contributed by atoms with Crippen LogP contribution in [-0.4, -0.2) is 60.4 Å². The smallest absolute Gasteiger partial charge is 0.363 e. The van der Waals surface area contributed by atoms with Crippen LogP contribution in [-0.2, 0) is 17.5 Å². The highest BCUT2D eigenvalue weighted by Crippen LogP contribution is 2.36. The summed E-state index contributed by atoms with van der Waals surface area (Å²) in [6, 6.07) is 12.2. The summed E-state index contributed by atoms with van der Waals surface area (Å²) in [5, 5.41) is 11.3. The van der Waals surface area contributed by atoms with E-state index in [-0.39, 0.29) is 18.1 Å². The lowest BCUT2D eigenvalue weighted by atomic mass is 10.1. The largest absolute Gasteiger partial charge is 0.416 e. The molecule has 7 nitrogen and oxygen atoms in total. The van der Waals surface area contributed by atoms with Gasteiger partial charge in [-0.15, -0.1) is 0 Å². The van der Waals surface area contributed by atoms with Crippen molar-refractivity contribution in [3.63, 3.8) is 0 Å². The lowest BCUT2D eigenvalue weighted by molar-refractivity contribution is -0.384. The summed E-state index contributed by atoms with van der Waals surface area (Å²) in [5.41, 5.74) is -0.432. The molecule has 0 N–H and O–H groups in total. The zero-order chi connectivity index (χ0) is 22.6. The van der Waals surface area contributed by atoms with Gasteiger partial charge in [-0.2, -0.15) is 13.2 Å². The van der Waals surface area contributed by atoms with Crippen LogP contribution in [0, 0.1) is 10.1 Å². The van der Waals surface area contributed by atoms with Crippen molar-refractivity contribution in [2.45, 2.75) is 12.7 Å². The third-order valence-corrected chi connectivity index (χ3v) is 5.26. The first-order valence-electron chi connectivity index (χ1n) is 9.76. The molecule has 166 valence electrons. The molecule has 1 fully saturated rings. The van der Waals surface area contributed by atoms with Gasteiger partial charge in [0.25, 0.3) is 5.69 Å². The number of carbonyl (C=O) groups excluding carboxylic acids is 1. The molecule has 10 heteroatoms. The molecule has 2 aromatic rings. The molecule has 0 aliphatic carbocycles. The Hall–Kier alpha value is -3.14. The number of alkyl halides is 3. The summed E-state index contributed by atoms with van der Waals surface area (Å²) >= 11 is 0. The van der Waals surface area contributed by atoms with Gasteiger partial charge in [-0.3, -0.25) is 19.8 Å². The van der Waals surface area contributed by atoms with Crippen LogP contribution in [0.2, 0.25) is 0 Å². The van der Waals surface area contributed by atoms with Crippen LogP contribution in [0.25, 0.3) is 0 Å². The van der Waals surface area contributed by atoms with Crippen molar-refractivity contribution in [3.8, 4) is 0 Å². The summed E-state index contributed by atoms with van der Waals surface area (Å²) in [6.07, 6.45) is -4.64. The number of benzene rings is 2. The van der Waals surface area contributed by atoms with Crippen molar-refractivity contribution in [2.75, 3.05) is 44.7 Å². The van der Waals surface area contributed by atoms with Crippen molar-refractivity contribution in [1.82, 2.24) is 9.80 Å². The number of hydrogen-bond acceptors (Lipinski definition) is 5. The van der Waals surface area contributed by atoms with E-state index in [9.17, 15) is 28.1 Å². The minimum atomic E-state index is -4.64. The zero-order valence-electron chi connectivity index (χ0n) is 17.0.